The summed E-state index contributed by atoms with van der Waals surface area (Å²) in [6, 6.07) is 1.96. The van der Waals surface area contributed by atoms with Gasteiger partial charge >= 0.3 is 0 Å². The maximum Gasteiger partial charge on any atom is 0.129 e. The fourth-order valence-electron chi connectivity index (χ4n) is 2.63. The first-order valence-corrected chi connectivity index (χ1v) is 7.71. The van der Waals surface area contributed by atoms with Gasteiger partial charge in [-0.15, -0.1) is 0 Å². The number of hydrogen-bond donors (Lipinski definition) is 0. The van der Waals surface area contributed by atoms with Crippen molar-refractivity contribution in [3.63, 3.8) is 0 Å². The number of carbonyl (C=O) groups is 1. The highest BCUT2D eigenvalue weighted by Crippen LogP contribution is 2.40. The Morgan fingerprint density at radius 1 is 1.35 bits per heavy atom. The monoisotopic (exact) mass is 296 g/mol. The Morgan fingerprint density at radius 2 is 2.00 bits per heavy atom. The number of benzene rings is 1. The highest BCUT2D eigenvalue weighted by molar-refractivity contribution is 6.31. The van der Waals surface area contributed by atoms with Crippen LogP contribution in [0.3, 0.4) is 0 Å². The van der Waals surface area contributed by atoms with Crippen LogP contribution in [0.4, 0.5) is 0 Å². The highest BCUT2D eigenvalue weighted by atomic mass is 35.5. The molecule has 0 saturated carbocycles. The van der Waals surface area contributed by atoms with E-state index in [1.54, 1.807) is 6.92 Å². The van der Waals surface area contributed by atoms with Crippen LogP contribution in [0.1, 0.15) is 62.6 Å². The zero-order valence-electron chi connectivity index (χ0n) is 13.2. The van der Waals surface area contributed by atoms with Gasteiger partial charge in [0.05, 0.1) is 6.61 Å². The molecule has 112 valence electrons. The fourth-order valence-corrected chi connectivity index (χ4v) is 2.90. The Labute approximate surface area is 127 Å². The molecule has 0 N–H and O–H groups in total. The van der Waals surface area contributed by atoms with Crippen molar-refractivity contribution in [3.8, 4) is 5.75 Å². The van der Waals surface area contributed by atoms with Crippen molar-refractivity contribution in [2.45, 2.75) is 59.8 Å². The number of aryl methyl sites for hydroxylation is 1. The van der Waals surface area contributed by atoms with Gasteiger partial charge in [-0.2, -0.15) is 0 Å². The molecule has 2 nitrogen and oxygen atoms in total. The zero-order valence-corrected chi connectivity index (χ0v) is 13.9. The lowest BCUT2D eigenvalue weighted by Crippen LogP contribution is -2.08. The lowest BCUT2D eigenvalue weighted by Gasteiger charge is -2.23. The van der Waals surface area contributed by atoms with E-state index in [2.05, 4.69) is 6.92 Å². The van der Waals surface area contributed by atoms with Gasteiger partial charge in [0.15, 0.2) is 0 Å². The van der Waals surface area contributed by atoms with E-state index in [9.17, 15) is 4.79 Å². The summed E-state index contributed by atoms with van der Waals surface area (Å²) in [5.41, 5.74) is 3.33. The molecular weight excluding hydrogens is 272 g/mol. The van der Waals surface area contributed by atoms with E-state index in [1.165, 1.54) is 5.56 Å². The molecule has 0 aliphatic heterocycles. The first-order chi connectivity index (χ1) is 9.42. The molecule has 1 aromatic carbocycles. The second-order valence-corrected chi connectivity index (χ2v) is 5.73. The Hall–Kier alpha value is -1.02. The van der Waals surface area contributed by atoms with Gasteiger partial charge in [-0.3, -0.25) is 0 Å². The molecule has 1 unspecified atom stereocenters. The molecule has 0 aliphatic rings. The van der Waals surface area contributed by atoms with Crippen LogP contribution in [-0.2, 0) is 4.79 Å². The maximum absolute atomic E-state index is 11.3. The van der Waals surface area contributed by atoms with Gasteiger partial charge in [0.1, 0.15) is 11.5 Å². The molecule has 1 rings (SSSR count). The van der Waals surface area contributed by atoms with E-state index in [0.717, 1.165) is 34.7 Å². The third-order valence-corrected chi connectivity index (χ3v) is 4.14. The van der Waals surface area contributed by atoms with E-state index in [4.69, 9.17) is 16.3 Å². The normalized spacial score (nSPS) is 12.3. The van der Waals surface area contributed by atoms with Gasteiger partial charge in [-0.05, 0) is 63.6 Å². The van der Waals surface area contributed by atoms with Crippen molar-refractivity contribution in [1.82, 2.24) is 0 Å². The topological polar surface area (TPSA) is 26.3 Å². The van der Waals surface area contributed by atoms with Crippen molar-refractivity contribution < 1.29 is 9.53 Å². The molecule has 0 amide bonds. The van der Waals surface area contributed by atoms with Crippen LogP contribution >= 0.6 is 11.6 Å². The minimum absolute atomic E-state index is 0.234. The average Bonchev–Trinajstić information content (AvgIpc) is 2.39. The predicted octanol–water partition coefficient (Wildman–Crippen LogP) is 5.22. The number of rotatable bonds is 7. The van der Waals surface area contributed by atoms with Gasteiger partial charge in [0.2, 0.25) is 0 Å². The molecule has 0 radical (unpaired) electrons. The van der Waals surface area contributed by atoms with Crippen LogP contribution in [0.2, 0.25) is 5.02 Å². The molecular formula is C17H25ClO2. The molecule has 0 saturated heterocycles. The minimum Gasteiger partial charge on any atom is -0.493 e. The standard InChI is InChI=1S/C17H25ClO2/c1-6-14(9-8-12(4)19)16-13(5)15(18)10-11(3)17(16)20-7-2/h10,14H,6-9H2,1-5H3. The molecule has 0 spiro atoms. The van der Waals surface area contributed by atoms with Crippen LogP contribution in [0.25, 0.3) is 0 Å². The molecule has 1 atom stereocenters. The van der Waals surface area contributed by atoms with Crippen molar-refractivity contribution in [3.05, 3.63) is 27.8 Å². The lowest BCUT2D eigenvalue weighted by atomic mass is 9.86. The highest BCUT2D eigenvalue weighted by Gasteiger charge is 2.21. The molecule has 20 heavy (non-hydrogen) atoms. The molecule has 0 aromatic heterocycles. The third kappa shape index (κ3) is 3.99. The van der Waals surface area contributed by atoms with Crippen molar-refractivity contribution in [2.75, 3.05) is 6.61 Å². The number of halogens is 1. The number of hydrogen-bond acceptors (Lipinski definition) is 2. The Morgan fingerprint density at radius 3 is 2.50 bits per heavy atom. The molecule has 0 heterocycles. The van der Waals surface area contributed by atoms with Crippen LogP contribution < -0.4 is 4.74 Å². The summed E-state index contributed by atoms with van der Waals surface area (Å²) < 4.78 is 5.85. The maximum atomic E-state index is 11.3. The lowest BCUT2D eigenvalue weighted by molar-refractivity contribution is -0.117. The van der Waals surface area contributed by atoms with Gasteiger partial charge in [0, 0.05) is 17.0 Å². The van der Waals surface area contributed by atoms with E-state index in [-0.39, 0.29) is 5.78 Å². The number of ketones is 1. The second kappa shape index (κ2) is 7.68. The van der Waals surface area contributed by atoms with Crippen molar-refractivity contribution in [2.24, 2.45) is 0 Å². The van der Waals surface area contributed by atoms with Crippen molar-refractivity contribution in [1.29, 1.82) is 0 Å². The zero-order chi connectivity index (χ0) is 15.3. The van der Waals surface area contributed by atoms with Gasteiger partial charge in [0.25, 0.3) is 0 Å². The fraction of sp³-hybridized carbons (Fsp3) is 0.588. The van der Waals surface area contributed by atoms with E-state index >= 15 is 0 Å². The molecule has 0 aliphatic carbocycles. The molecule has 0 bridgehead atoms. The van der Waals surface area contributed by atoms with Crippen LogP contribution in [0.15, 0.2) is 6.07 Å². The number of Topliss-reactive ketones (excluding diaryl/α,β-unsaturated/α-hetero) is 1. The van der Waals surface area contributed by atoms with E-state index in [1.807, 2.05) is 26.8 Å². The summed E-state index contributed by atoms with van der Waals surface area (Å²) in [5.74, 6) is 1.50. The number of ether oxygens (including phenoxy) is 1. The number of carbonyl (C=O) groups excluding carboxylic acids is 1. The third-order valence-electron chi connectivity index (χ3n) is 3.74. The Balaban J connectivity index is 3.26. The SMILES string of the molecule is CCOc1c(C)cc(Cl)c(C)c1C(CC)CCC(C)=O. The summed E-state index contributed by atoms with van der Waals surface area (Å²) >= 11 is 6.33. The summed E-state index contributed by atoms with van der Waals surface area (Å²) in [7, 11) is 0. The largest absolute Gasteiger partial charge is 0.493 e. The van der Waals surface area contributed by atoms with E-state index < -0.39 is 0 Å². The summed E-state index contributed by atoms with van der Waals surface area (Å²) in [4.78, 5) is 11.3. The predicted molar refractivity (Wildman–Crippen MR) is 85.0 cm³/mol. The van der Waals surface area contributed by atoms with Gasteiger partial charge in [-0.25, -0.2) is 0 Å². The molecule has 0 fully saturated rings. The van der Waals surface area contributed by atoms with Crippen LogP contribution in [0.5, 0.6) is 5.75 Å². The summed E-state index contributed by atoms with van der Waals surface area (Å²) in [6.45, 7) is 10.5. The molecule has 3 heteroatoms. The quantitative estimate of drug-likeness (QED) is 0.689. The van der Waals surface area contributed by atoms with Crippen LogP contribution in [-0.4, -0.2) is 12.4 Å². The van der Waals surface area contributed by atoms with Crippen molar-refractivity contribution >= 4 is 17.4 Å². The van der Waals surface area contributed by atoms with Gasteiger partial charge in [-0.1, -0.05) is 18.5 Å². The van der Waals surface area contributed by atoms with Crippen LogP contribution in [0, 0.1) is 13.8 Å². The Bertz CT molecular complexity index is 480. The first-order valence-electron chi connectivity index (χ1n) is 7.34. The summed E-state index contributed by atoms with van der Waals surface area (Å²) in [5, 5.41) is 0.780. The van der Waals surface area contributed by atoms with E-state index in [0.29, 0.717) is 18.9 Å². The molecule has 1 aromatic rings. The smallest absolute Gasteiger partial charge is 0.129 e. The van der Waals surface area contributed by atoms with Gasteiger partial charge < -0.3 is 9.53 Å². The first kappa shape index (κ1) is 17.0. The second-order valence-electron chi connectivity index (χ2n) is 5.32. The average molecular weight is 297 g/mol. The minimum atomic E-state index is 0.234. The summed E-state index contributed by atoms with van der Waals surface area (Å²) in [6.07, 6.45) is 2.44. The Kier molecular flexibility index (Phi) is 6.54.